The number of para-hydroxylation sites is 1. The molecule has 0 aliphatic carbocycles. The van der Waals surface area contributed by atoms with Gasteiger partial charge in [-0.05, 0) is 54.3 Å². The maximum Gasteiger partial charge on any atom is 0.303 e. The first-order chi connectivity index (χ1) is 13.2. The fourth-order valence-corrected chi connectivity index (χ4v) is 3.70. The first-order valence-electron chi connectivity index (χ1n) is 9.17. The summed E-state index contributed by atoms with van der Waals surface area (Å²) < 4.78 is 6.81. The van der Waals surface area contributed by atoms with Crippen LogP contribution in [0.3, 0.4) is 0 Å². The van der Waals surface area contributed by atoms with E-state index in [2.05, 4.69) is 11.9 Å². The van der Waals surface area contributed by atoms with E-state index < -0.39 is 5.97 Å². The number of rotatable bonds is 9. The van der Waals surface area contributed by atoms with Gasteiger partial charge in [0.05, 0.1) is 16.8 Å². The van der Waals surface area contributed by atoms with Crippen LogP contribution in [0.25, 0.3) is 21.9 Å². The molecule has 1 N–H and O–H groups in total. The lowest BCUT2D eigenvalue weighted by Crippen LogP contribution is -1.96. The van der Waals surface area contributed by atoms with Gasteiger partial charge in [0, 0.05) is 6.42 Å². The zero-order chi connectivity index (χ0) is 19.1. The van der Waals surface area contributed by atoms with E-state index in [0.29, 0.717) is 6.42 Å². The monoisotopic (exact) mass is 381 g/mol. The van der Waals surface area contributed by atoms with Crippen LogP contribution in [0.5, 0.6) is 5.75 Å². The van der Waals surface area contributed by atoms with E-state index >= 15 is 0 Å². The number of carboxylic acids is 1. The number of carbonyl (C=O) groups is 1. The number of fused-ring (bicyclic) bond motifs is 1. The molecule has 1 aromatic heterocycles. The van der Waals surface area contributed by atoms with Crippen LogP contribution in [0.15, 0.2) is 48.5 Å². The minimum Gasteiger partial charge on any atom is -0.494 e. The highest BCUT2D eigenvalue weighted by Gasteiger charge is 2.11. The molecule has 3 rings (SSSR count). The highest BCUT2D eigenvalue weighted by molar-refractivity contribution is 7.19. The molecule has 4 nitrogen and oxygen atoms in total. The maximum atomic E-state index is 11.1. The van der Waals surface area contributed by atoms with Crippen LogP contribution in [-0.2, 0) is 4.79 Å². The molecule has 140 valence electrons. The second kappa shape index (κ2) is 9.33. The molecule has 0 saturated carbocycles. The average Bonchev–Trinajstić information content (AvgIpc) is 3.10. The molecular formula is C22H23NO3S. The number of unbranched alkanes of at least 4 members (excludes halogenated alkanes) is 1. The van der Waals surface area contributed by atoms with Gasteiger partial charge in [-0.25, -0.2) is 4.98 Å². The van der Waals surface area contributed by atoms with Gasteiger partial charge in [0.1, 0.15) is 10.8 Å². The number of nitrogens with zero attached hydrogens (tertiary/aromatic N) is 1. The van der Waals surface area contributed by atoms with Crippen molar-refractivity contribution in [3.63, 3.8) is 0 Å². The molecule has 0 bridgehead atoms. The Morgan fingerprint density at radius 1 is 1.15 bits per heavy atom. The molecule has 3 aromatic rings. The lowest BCUT2D eigenvalue weighted by atomic mass is 10.1. The van der Waals surface area contributed by atoms with Crippen molar-refractivity contribution in [2.75, 3.05) is 6.61 Å². The van der Waals surface area contributed by atoms with Crippen molar-refractivity contribution in [1.82, 2.24) is 4.98 Å². The lowest BCUT2D eigenvalue weighted by molar-refractivity contribution is -0.136. The standard InChI is InChI=1S/C22H23NO3S/c1-2-3-14-26-18-11-8-16(9-12-18)15-17(10-13-21(24)25)22-23-19-6-4-5-7-20(19)27-22/h4-9,11-12,15H,2-3,10,13-14H2,1H3,(H,24,25)/b17-15-. The topological polar surface area (TPSA) is 59.4 Å². The van der Waals surface area contributed by atoms with Crippen LogP contribution in [0.2, 0.25) is 0 Å². The van der Waals surface area contributed by atoms with Gasteiger partial charge in [0.15, 0.2) is 0 Å². The zero-order valence-corrected chi connectivity index (χ0v) is 16.2. The summed E-state index contributed by atoms with van der Waals surface area (Å²) >= 11 is 1.60. The van der Waals surface area contributed by atoms with Gasteiger partial charge in [-0.3, -0.25) is 4.79 Å². The number of aromatic nitrogens is 1. The van der Waals surface area contributed by atoms with Gasteiger partial charge in [-0.2, -0.15) is 0 Å². The Labute approximate surface area is 163 Å². The Morgan fingerprint density at radius 3 is 2.63 bits per heavy atom. The molecule has 0 amide bonds. The van der Waals surface area contributed by atoms with Gasteiger partial charge in [0.2, 0.25) is 0 Å². The van der Waals surface area contributed by atoms with Crippen LogP contribution in [-0.4, -0.2) is 22.7 Å². The Kier molecular flexibility index (Phi) is 6.60. The highest BCUT2D eigenvalue weighted by atomic mass is 32.1. The van der Waals surface area contributed by atoms with Crippen molar-refractivity contribution in [3.8, 4) is 5.75 Å². The van der Waals surface area contributed by atoms with Crippen LogP contribution in [0.4, 0.5) is 0 Å². The van der Waals surface area contributed by atoms with E-state index in [4.69, 9.17) is 9.84 Å². The number of hydrogen-bond donors (Lipinski definition) is 1. The van der Waals surface area contributed by atoms with Crippen LogP contribution < -0.4 is 4.74 Å². The number of benzene rings is 2. The molecule has 2 aromatic carbocycles. The SMILES string of the molecule is CCCCOc1ccc(/C=C(/CCC(=O)O)c2nc3ccccc3s2)cc1. The summed E-state index contributed by atoms with van der Waals surface area (Å²) in [6, 6.07) is 15.9. The molecule has 0 unspecified atom stereocenters. The quantitative estimate of drug-likeness (QED) is 0.470. The van der Waals surface area contributed by atoms with E-state index in [1.807, 2.05) is 54.6 Å². The first kappa shape index (κ1) is 19.1. The second-order valence-corrected chi connectivity index (χ2v) is 7.35. The van der Waals surface area contributed by atoms with E-state index in [1.54, 1.807) is 11.3 Å². The maximum absolute atomic E-state index is 11.1. The van der Waals surface area contributed by atoms with Crippen LogP contribution in [0.1, 0.15) is 43.2 Å². The summed E-state index contributed by atoms with van der Waals surface area (Å²) in [5.74, 6) is 0.0503. The number of thiazole rings is 1. The van der Waals surface area contributed by atoms with Gasteiger partial charge in [-0.1, -0.05) is 37.6 Å². The van der Waals surface area contributed by atoms with E-state index in [-0.39, 0.29) is 6.42 Å². The molecule has 27 heavy (non-hydrogen) atoms. The Morgan fingerprint density at radius 2 is 1.93 bits per heavy atom. The second-order valence-electron chi connectivity index (χ2n) is 6.32. The summed E-state index contributed by atoms with van der Waals surface area (Å²) in [6.45, 7) is 2.86. The molecule has 0 aliphatic heterocycles. The third-order valence-electron chi connectivity index (χ3n) is 4.16. The molecule has 0 saturated heterocycles. The van der Waals surface area contributed by atoms with Crippen molar-refractivity contribution in [2.24, 2.45) is 0 Å². The van der Waals surface area contributed by atoms with Gasteiger partial charge < -0.3 is 9.84 Å². The molecule has 0 aliphatic rings. The smallest absolute Gasteiger partial charge is 0.303 e. The summed E-state index contributed by atoms with van der Waals surface area (Å²) in [5.41, 5.74) is 2.90. The fraction of sp³-hybridized carbons (Fsp3) is 0.273. The third-order valence-corrected chi connectivity index (χ3v) is 5.28. The summed E-state index contributed by atoms with van der Waals surface area (Å²) in [4.78, 5) is 15.8. The summed E-state index contributed by atoms with van der Waals surface area (Å²) in [7, 11) is 0. The van der Waals surface area contributed by atoms with E-state index in [0.717, 1.165) is 51.6 Å². The lowest BCUT2D eigenvalue weighted by Gasteiger charge is -2.06. The first-order valence-corrected chi connectivity index (χ1v) is 9.98. The Balaban J connectivity index is 1.84. The van der Waals surface area contributed by atoms with Crippen LogP contribution in [0, 0.1) is 0 Å². The van der Waals surface area contributed by atoms with Crippen molar-refractivity contribution >= 4 is 39.2 Å². The molecular weight excluding hydrogens is 358 g/mol. The minimum absolute atomic E-state index is 0.0833. The molecule has 1 heterocycles. The highest BCUT2D eigenvalue weighted by Crippen LogP contribution is 2.31. The van der Waals surface area contributed by atoms with Gasteiger partial charge in [0.25, 0.3) is 0 Å². The van der Waals surface area contributed by atoms with Crippen molar-refractivity contribution in [1.29, 1.82) is 0 Å². The van der Waals surface area contributed by atoms with Crippen molar-refractivity contribution in [3.05, 3.63) is 59.1 Å². The predicted molar refractivity (Wildman–Crippen MR) is 111 cm³/mol. The normalized spacial score (nSPS) is 11.7. The van der Waals surface area contributed by atoms with Gasteiger partial charge >= 0.3 is 5.97 Å². The third kappa shape index (κ3) is 5.41. The molecule has 0 fully saturated rings. The number of carboxylic acid groups (broad SMARTS) is 1. The largest absolute Gasteiger partial charge is 0.494 e. The Hall–Kier alpha value is -2.66. The number of ether oxygens (including phenoxy) is 1. The average molecular weight is 381 g/mol. The molecule has 0 radical (unpaired) electrons. The zero-order valence-electron chi connectivity index (χ0n) is 15.4. The fourth-order valence-electron chi connectivity index (χ4n) is 2.69. The number of aliphatic carboxylic acids is 1. The number of hydrogen-bond acceptors (Lipinski definition) is 4. The van der Waals surface area contributed by atoms with Crippen molar-refractivity contribution in [2.45, 2.75) is 32.6 Å². The molecule has 0 spiro atoms. The minimum atomic E-state index is -0.804. The number of allylic oxidation sites excluding steroid dienone is 1. The predicted octanol–water partition coefficient (Wildman–Crippen LogP) is 5.88. The summed E-state index contributed by atoms with van der Waals surface area (Å²) in [6.07, 6.45) is 4.70. The van der Waals surface area contributed by atoms with E-state index in [1.165, 1.54) is 0 Å². The summed E-state index contributed by atoms with van der Waals surface area (Å²) in [5, 5.41) is 9.97. The van der Waals surface area contributed by atoms with Crippen molar-refractivity contribution < 1.29 is 14.6 Å². The van der Waals surface area contributed by atoms with Crippen LogP contribution >= 0.6 is 11.3 Å². The van der Waals surface area contributed by atoms with Gasteiger partial charge in [-0.15, -0.1) is 11.3 Å². The van der Waals surface area contributed by atoms with E-state index in [9.17, 15) is 4.79 Å². The Bertz CT molecular complexity index is 895. The molecule has 0 atom stereocenters. The molecule has 5 heteroatoms.